The number of anilines is 1. The molecule has 1 saturated heterocycles. The number of halogens is 2. The Kier molecular flexibility index (Phi) is 5.09. The van der Waals surface area contributed by atoms with Crippen LogP contribution in [0.15, 0.2) is 62.9 Å². The zero-order valence-corrected chi connectivity index (χ0v) is 16.2. The number of nitrogens with zero attached hydrogens (tertiary/aromatic N) is 2. The van der Waals surface area contributed by atoms with Gasteiger partial charge in [-0.1, -0.05) is 11.6 Å². The summed E-state index contributed by atoms with van der Waals surface area (Å²) in [7, 11) is -4.01. The number of sulfone groups is 1. The molecule has 4 rings (SSSR count). The van der Waals surface area contributed by atoms with Gasteiger partial charge in [0.2, 0.25) is 26.6 Å². The van der Waals surface area contributed by atoms with E-state index in [2.05, 4.69) is 4.98 Å². The lowest BCUT2D eigenvalue weighted by molar-refractivity contribution is 0.120. The third-order valence-corrected chi connectivity index (χ3v) is 6.27. The van der Waals surface area contributed by atoms with Crippen LogP contribution in [0.4, 0.5) is 10.3 Å². The van der Waals surface area contributed by atoms with E-state index in [-0.39, 0.29) is 21.7 Å². The van der Waals surface area contributed by atoms with Gasteiger partial charge in [0.1, 0.15) is 5.82 Å². The normalized spacial score (nSPS) is 15.0. The molecule has 0 aliphatic carbocycles. The van der Waals surface area contributed by atoms with E-state index in [0.29, 0.717) is 36.9 Å². The van der Waals surface area contributed by atoms with Crippen LogP contribution in [0.3, 0.4) is 0 Å². The number of oxazole rings is 1. The van der Waals surface area contributed by atoms with Crippen LogP contribution >= 0.6 is 11.6 Å². The minimum absolute atomic E-state index is 0.0561. The zero-order valence-electron chi connectivity index (χ0n) is 14.6. The Bertz CT molecular complexity index is 1080. The van der Waals surface area contributed by atoms with Gasteiger partial charge in [-0.15, -0.1) is 0 Å². The lowest BCUT2D eigenvalue weighted by Gasteiger charge is -2.26. The van der Waals surface area contributed by atoms with Crippen molar-refractivity contribution < 1.29 is 22.0 Å². The van der Waals surface area contributed by atoms with E-state index in [0.717, 1.165) is 12.1 Å². The molecule has 9 heteroatoms. The second-order valence-electron chi connectivity index (χ2n) is 6.19. The lowest BCUT2D eigenvalue weighted by Crippen LogP contribution is -2.36. The van der Waals surface area contributed by atoms with Crippen molar-refractivity contribution in [2.24, 2.45) is 0 Å². The monoisotopic (exact) mass is 422 g/mol. The molecular weight excluding hydrogens is 407 g/mol. The number of aromatic nitrogens is 1. The molecule has 2 heterocycles. The van der Waals surface area contributed by atoms with Crippen molar-refractivity contribution in [3.8, 4) is 11.5 Å². The van der Waals surface area contributed by atoms with E-state index in [1.807, 2.05) is 0 Å². The van der Waals surface area contributed by atoms with Gasteiger partial charge in [-0.25, -0.2) is 12.8 Å². The van der Waals surface area contributed by atoms with Gasteiger partial charge in [-0.2, -0.15) is 4.98 Å². The molecule has 0 atom stereocenters. The molecule has 6 nitrogen and oxygen atoms in total. The van der Waals surface area contributed by atoms with E-state index in [9.17, 15) is 12.8 Å². The van der Waals surface area contributed by atoms with E-state index >= 15 is 0 Å². The van der Waals surface area contributed by atoms with Gasteiger partial charge in [0.05, 0.1) is 18.1 Å². The van der Waals surface area contributed by atoms with Crippen LogP contribution in [0.2, 0.25) is 5.02 Å². The summed E-state index contributed by atoms with van der Waals surface area (Å²) >= 11 is 5.92. The molecule has 1 fully saturated rings. The molecule has 1 aliphatic rings. The molecule has 0 saturated carbocycles. The van der Waals surface area contributed by atoms with Gasteiger partial charge in [-0.3, -0.25) is 0 Å². The van der Waals surface area contributed by atoms with E-state index < -0.39 is 15.7 Å². The molecule has 0 amide bonds. The molecule has 2 aromatic carbocycles. The predicted molar refractivity (Wildman–Crippen MR) is 102 cm³/mol. The molecule has 146 valence electrons. The topological polar surface area (TPSA) is 72.6 Å². The average molecular weight is 423 g/mol. The second kappa shape index (κ2) is 7.54. The minimum atomic E-state index is -4.01. The van der Waals surface area contributed by atoms with Crippen LogP contribution in [-0.2, 0) is 14.6 Å². The fraction of sp³-hybridized carbons (Fsp3) is 0.211. The summed E-state index contributed by atoms with van der Waals surface area (Å²) in [6.45, 7) is 1.85. The highest BCUT2D eigenvalue weighted by Crippen LogP contribution is 2.35. The molecular formula is C19H16ClFN2O4S. The Morgan fingerprint density at radius 2 is 1.64 bits per heavy atom. The number of ether oxygens (including phenoxy) is 1. The standard InChI is InChI=1S/C19H16ClFN2O4S/c20-14-3-1-13(2-4-14)17-22-18(19(27-17)23-9-11-26-12-10-23)28(24,25)16-7-5-15(21)6-8-16/h1-8H,9-12H2. The first-order chi connectivity index (χ1) is 13.4. The summed E-state index contributed by atoms with van der Waals surface area (Å²) < 4.78 is 50.8. The maximum absolute atomic E-state index is 13.2. The van der Waals surface area contributed by atoms with E-state index in [1.165, 1.54) is 12.1 Å². The first-order valence-corrected chi connectivity index (χ1v) is 10.4. The minimum Gasteiger partial charge on any atom is -0.419 e. The van der Waals surface area contributed by atoms with Crippen LogP contribution in [0.25, 0.3) is 11.5 Å². The van der Waals surface area contributed by atoms with Crippen LogP contribution in [0, 0.1) is 5.82 Å². The molecule has 0 spiro atoms. The fourth-order valence-electron chi connectivity index (χ4n) is 2.88. The summed E-state index contributed by atoms with van der Waals surface area (Å²) in [5.41, 5.74) is 0.597. The molecule has 0 unspecified atom stereocenters. The summed E-state index contributed by atoms with van der Waals surface area (Å²) in [6, 6.07) is 11.4. The van der Waals surface area contributed by atoms with Crippen molar-refractivity contribution in [3.63, 3.8) is 0 Å². The quantitative estimate of drug-likeness (QED) is 0.595. The Morgan fingerprint density at radius 3 is 2.29 bits per heavy atom. The van der Waals surface area contributed by atoms with Crippen molar-refractivity contribution in [1.82, 2.24) is 4.98 Å². The van der Waals surface area contributed by atoms with Gasteiger partial charge in [0.15, 0.2) is 0 Å². The third-order valence-electron chi connectivity index (χ3n) is 4.35. The van der Waals surface area contributed by atoms with Crippen LogP contribution in [0.5, 0.6) is 0 Å². The predicted octanol–water partition coefficient (Wildman–Crippen LogP) is 3.80. The maximum Gasteiger partial charge on any atom is 0.236 e. The fourth-order valence-corrected chi connectivity index (χ4v) is 4.33. The Hall–Kier alpha value is -2.42. The zero-order chi connectivity index (χ0) is 19.7. The van der Waals surface area contributed by atoms with Crippen molar-refractivity contribution >= 4 is 27.3 Å². The van der Waals surface area contributed by atoms with Gasteiger partial charge >= 0.3 is 0 Å². The number of benzene rings is 2. The lowest BCUT2D eigenvalue weighted by atomic mass is 10.2. The summed E-state index contributed by atoms with van der Waals surface area (Å²) in [5, 5.41) is 0.342. The maximum atomic E-state index is 13.2. The van der Waals surface area contributed by atoms with Gasteiger partial charge < -0.3 is 14.1 Å². The molecule has 1 aromatic heterocycles. The highest BCUT2D eigenvalue weighted by Gasteiger charge is 2.32. The summed E-state index contributed by atoms with van der Waals surface area (Å²) in [5.74, 6) is -0.203. The highest BCUT2D eigenvalue weighted by molar-refractivity contribution is 7.91. The van der Waals surface area contributed by atoms with E-state index in [1.54, 1.807) is 29.2 Å². The third kappa shape index (κ3) is 3.63. The first-order valence-electron chi connectivity index (χ1n) is 8.55. The van der Waals surface area contributed by atoms with Crippen LogP contribution in [0.1, 0.15) is 0 Å². The van der Waals surface area contributed by atoms with Crippen molar-refractivity contribution in [1.29, 1.82) is 0 Å². The van der Waals surface area contributed by atoms with Crippen molar-refractivity contribution in [3.05, 3.63) is 59.4 Å². The van der Waals surface area contributed by atoms with E-state index in [4.69, 9.17) is 20.8 Å². The molecule has 0 N–H and O–H groups in total. The number of rotatable bonds is 4. The molecule has 0 bridgehead atoms. The largest absolute Gasteiger partial charge is 0.419 e. The number of morpholine rings is 1. The van der Waals surface area contributed by atoms with Crippen molar-refractivity contribution in [2.45, 2.75) is 9.92 Å². The van der Waals surface area contributed by atoms with Crippen molar-refractivity contribution in [2.75, 3.05) is 31.2 Å². The molecule has 1 aliphatic heterocycles. The average Bonchev–Trinajstić information content (AvgIpc) is 3.16. The van der Waals surface area contributed by atoms with Crippen LogP contribution < -0.4 is 4.90 Å². The Labute approximate surface area is 166 Å². The summed E-state index contributed by atoms with van der Waals surface area (Å²) in [4.78, 5) is 6.01. The SMILES string of the molecule is O=S(=O)(c1ccc(F)cc1)c1nc(-c2ccc(Cl)cc2)oc1N1CCOCC1. The summed E-state index contributed by atoms with van der Waals surface area (Å²) in [6.07, 6.45) is 0. The molecule has 3 aromatic rings. The number of hydrogen-bond donors (Lipinski definition) is 0. The molecule has 28 heavy (non-hydrogen) atoms. The van der Waals surface area contributed by atoms with Crippen LogP contribution in [-0.4, -0.2) is 39.7 Å². The molecule has 0 radical (unpaired) electrons. The Morgan fingerprint density at radius 1 is 1.00 bits per heavy atom. The smallest absolute Gasteiger partial charge is 0.236 e. The highest BCUT2D eigenvalue weighted by atomic mass is 35.5. The second-order valence-corrected chi connectivity index (χ2v) is 8.49. The first kappa shape index (κ1) is 18.9. The van der Waals surface area contributed by atoms with Gasteiger partial charge in [0.25, 0.3) is 0 Å². The Balaban J connectivity index is 1.84. The van der Waals surface area contributed by atoms with Gasteiger partial charge in [-0.05, 0) is 48.5 Å². The number of hydrogen-bond acceptors (Lipinski definition) is 6. The van der Waals surface area contributed by atoms with Gasteiger partial charge in [0, 0.05) is 23.7 Å².